The molecule has 3 saturated carbocycles. The summed E-state index contributed by atoms with van der Waals surface area (Å²) in [6, 6.07) is 0. The molecule has 4 aliphatic rings. The van der Waals surface area contributed by atoms with Crippen molar-refractivity contribution in [1.82, 2.24) is 0 Å². The van der Waals surface area contributed by atoms with E-state index in [1.807, 2.05) is 0 Å². The molecule has 0 N–H and O–H groups in total. The van der Waals surface area contributed by atoms with Crippen molar-refractivity contribution in [2.45, 2.75) is 135 Å². The summed E-state index contributed by atoms with van der Waals surface area (Å²) in [6.07, 6.45) is 17.4. The van der Waals surface area contributed by atoms with Crippen LogP contribution in [0.15, 0.2) is 11.9 Å². The van der Waals surface area contributed by atoms with Crippen LogP contribution in [-0.2, 0) is 4.74 Å². The summed E-state index contributed by atoms with van der Waals surface area (Å²) in [6.45, 7) is 3.26. The number of ether oxygens (including phenoxy) is 1. The lowest BCUT2D eigenvalue weighted by Crippen LogP contribution is -2.38. The molecule has 1 nitrogen and oxygen atoms in total. The van der Waals surface area contributed by atoms with Crippen molar-refractivity contribution in [3.8, 4) is 0 Å². The van der Waals surface area contributed by atoms with E-state index in [1.165, 1.54) is 89.9 Å². The van der Waals surface area contributed by atoms with Crippen molar-refractivity contribution < 1.29 is 22.3 Å². The third kappa shape index (κ3) is 8.21. The van der Waals surface area contributed by atoms with Crippen LogP contribution in [0.5, 0.6) is 0 Å². The molecule has 0 spiro atoms. The van der Waals surface area contributed by atoms with Gasteiger partial charge < -0.3 is 4.74 Å². The highest BCUT2D eigenvalue weighted by atomic mass is 19.4. The number of rotatable bonds is 8. The first kappa shape index (κ1) is 28.4. The van der Waals surface area contributed by atoms with E-state index in [0.29, 0.717) is 36.7 Å². The maximum Gasteiger partial charge on any atom is 0.412 e. The van der Waals surface area contributed by atoms with Crippen LogP contribution in [0.3, 0.4) is 0 Å². The Kier molecular flexibility index (Phi) is 10.6. The molecule has 1 aliphatic heterocycles. The minimum atomic E-state index is -4.55. The fraction of sp³-hybridized carbons (Fsp3) is 0.935. The van der Waals surface area contributed by atoms with E-state index in [9.17, 15) is 17.6 Å². The van der Waals surface area contributed by atoms with Gasteiger partial charge in [-0.05, 0) is 113 Å². The number of halogens is 4. The van der Waals surface area contributed by atoms with Gasteiger partial charge >= 0.3 is 6.18 Å². The molecule has 0 amide bonds. The maximum atomic E-state index is 14.0. The van der Waals surface area contributed by atoms with Crippen molar-refractivity contribution in [2.24, 2.45) is 41.4 Å². The summed E-state index contributed by atoms with van der Waals surface area (Å²) >= 11 is 0. The first-order chi connectivity index (χ1) is 17.3. The molecule has 3 aliphatic carbocycles. The van der Waals surface area contributed by atoms with Crippen LogP contribution in [-0.4, -0.2) is 18.9 Å². The average Bonchev–Trinajstić information content (AvgIpc) is 2.89. The number of hydrogen-bond acceptors (Lipinski definition) is 1. The van der Waals surface area contributed by atoms with Gasteiger partial charge in [0.2, 0.25) is 0 Å². The van der Waals surface area contributed by atoms with Crippen molar-refractivity contribution >= 4 is 0 Å². The highest BCUT2D eigenvalue weighted by Gasteiger charge is 2.38. The summed E-state index contributed by atoms with van der Waals surface area (Å²) in [5, 5.41) is 0. The summed E-state index contributed by atoms with van der Waals surface area (Å²) in [5.74, 6) is 3.06. The molecule has 5 heteroatoms. The molecule has 1 saturated heterocycles. The number of allylic oxidation sites excluding steroid dienone is 2. The van der Waals surface area contributed by atoms with Gasteiger partial charge in [-0.3, -0.25) is 0 Å². The van der Waals surface area contributed by atoms with Gasteiger partial charge in [0.15, 0.2) is 0 Å². The molecule has 4 fully saturated rings. The first-order valence-corrected chi connectivity index (χ1v) is 15.4. The molecule has 0 radical (unpaired) electrons. The fourth-order valence-electron chi connectivity index (χ4n) is 8.30. The predicted molar refractivity (Wildman–Crippen MR) is 138 cm³/mol. The molecule has 0 aromatic carbocycles. The molecular weight excluding hydrogens is 464 g/mol. The van der Waals surface area contributed by atoms with Crippen molar-refractivity contribution in [1.29, 1.82) is 0 Å². The molecule has 2 unspecified atom stereocenters. The molecule has 208 valence electrons. The Morgan fingerprint density at radius 1 is 0.694 bits per heavy atom. The first-order valence-electron chi connectivity index (χ1n) is 15.4. The third-order valence-electron chi connectivity index (χ3n) is 10.6. The summed E-state index contributed by atoms with van der Waals surface area (Å²) in [5.41, 5.74) is 0. The molecule has 36 heavy (non-hydrogen) atoms. The standard InChI is InChI=1S/C31H50F4O/c1-2-3-4-5-22-6-8-25(9-7-22)28-18-19-30(36-21-28)27-16-12-24(13-17-27)23-10-14-26(15-11-23)29(32)20-31(33,34)35/h20,22-28,30H,2-19,21H2,1H3/b29-20-. The molecule has 1 heterocycles. The van der Waals surface area contributed by atoms with Crippen molar-refractivity contribution in [2.75, 3.05) is 6.61 Å². The Hall–Kier alpha value is -0.580. The zero-order valence-corrected chi connectivity index (χ0v) is 22.6. The molecule has 2 atom stereocenters. The second kappa shape index (κ2) is 13.5. The number of unbranched alkanes of at least 4 members (excludes halogenated alkanes) is 2. The van der Waals surface area contributed by atoms with Crippen LogP contribution < -0.4 is 0 Å². The summed E-state index contributed by atoms with van der Waals surface area (Å²) in [4.78, 5) is 0. The Morgan fingerprint density at radius 2 is 1.22 bits per heavy atom. The van der Waals surface area contributed by atoms with Crippen LogP contribution in [0.4, 0.5) is 17.6 Å². The minimum Gasteiger partial charge on any atom is -0.378 e. The van der Waals surface area contributed by atoms with Crippen LogP contribution >= 0.6 is 0 Å². The van der Waals surface area contributed by atoms with Gasteiger partial charge in [0.05, 0.1) is 18.8 Å². The third-order valence-corrected chi connectivity index (χ3v) is 10.6. The topological polar surface area (TPSA) is 9.23 Å². The molecule has 0 bridgehead atoms. The second-order valence-corrected chi connectivity index (χ2v) is 12.8. The van der Waals surface area contributed by atoms with Gasteiger partial charge in [-0.2, -0.15) is 13.2 Å². The van der Waals surface area contributed by atoms with E-state index in [0.717, 1.165) is 37.2 Å². The predicted octanol–water partition coefficient (Wildman–Crippen LogP) is 10.2. The fourth-order valence-corrected chi connectivity index (χ4v) is 8.30. The lowest BCUT2D eigenvalue weighted by molar-refractivity contribution is -0.0823. The molecule has 4 rings (SSSR count). The minimum absolute atomic E-state index is 0.127. The van der Waals surface area contributed by atoms with Gasteiger partial charge in [0, 0.05) is 5.92 Å². The quantitative estimate of drug-likeness (QED) is 0.231. The van der Waals surface area contributed by atoms with E-state index in [1.54, 1.807) is 0 Å². The Balaban J connectivity index is 1.12. The van der Waals surface area contributed by atoms with Crippen LogP contribution in [0.2, 0.25) is 0 Å². The maximum absolute atomic E-state index is 14.0. The van der Waals surface area contributed by atoms with E-state index >= 15 is 0 Å². The van der Waals surface area contributed by atoms with Crippen LogP contribution in [0.1, 0.15) is 122 Å². The van der Waals surface area contributed by atoms with Gasteiger partial charge in [-0.15, -0.1) is 0 Å². The average molecular weight is 515 g/mol. The monoisotopic (exact) mass is 514 g/mol. The van der Waals surface area contributed by atoms with Gasteiger partial charge in [0.25, 0.3) is 0 Å². The smallest absolute Gasteiger partial charge is 0.378 e. The lowest BCUT2D eigenvalue weighted by Gasteiger charge is -2.43. The molecular formula is C31H50F4O. The van der Waals surface area contributed by atoms with E-state index in [2.05, 4.69) is 6.92 Å². The van der Waals surface area contributed by atoms with Crippen LogP contribution in [0, 0.1) is 41.4 Å². The lowest BCUT2D eigenvalue weighted by atomic mass is 9.67. The molecule has 0 aromatic rings. The number of alkyl halides is 3. The normalized spacial score (nSPS) is 39.2. The molecule has 0 aromatic heterocycles. The summed E-state index contributed by atoms with van der Waals surface area (Å²) in [7, 11) is 0. The van der Waals surface area contributed by atoms with Crippen molar-refractivity contribution in [3.63, 3.8) is 0 Å². The Bertz CT molecular complexity index is 657. The van der Waals surface area contributed by atoms with Crippen LogP contribution in [0.25, 0.3) is 0 Å². The summed E-state index contributed by atoms with van der Waals surface area (Å²) < 4.78 is 57.9. The largest absolute Gasteiger partial charge is 0.412 e. The van der Waals surface area contributed by atoms with E-state index in [4.69, 9.17) is 4.74 Å². The SMILES string of the molecule is CCCCCC1CCC(C2CCC(C3CCC(C4CCC(/C(F)=C/C(F)(F)F)CC4)CC3)OC2)CC1. The van der Waals surface area contributed by atoms with E-state index in [-0.39, 0.29) is 6.08 Å². The van der Waals surface area contributed by atoms with Gasteiger partial charge in [-0.1, -0.05) is 45.4 Å². The second-order valence-electron chi connectivity index (χ2n) is 12.8. The zero-order chi connectivity index (χ0) is 25.5. The highest BCUT2D eigenvalue weighted by molar-refractivity contribution is 5.03. The zero-order valence-electron chi connectivity index (χ0n) is 22.6. The van der Waals surface area contributed by atoms with E-state index < -0.39 is 17.9 Å². The highest BCUT2D eigenvalue weighted by Crippen LogP contribution is 2.46. The van der Waals surface area contributed by atoms with Gasteiger partial charge in [0.1, 0.15) is 5.83 Å². The van der Waals surface area contributed by atoms with Crippen molar-refractivity contribution in [3.05, 3.63) is 11.9 Å². The Labute approximate surface area is 217 Å². The number of hydrogen-bond donors (Lipinski definition) is 0. The Morgan fingerprint density at radius 3 is 1.78 bits per heavy atom. The van der Waals surface area contributed by atoms with Gasteiger partial charge in [-0.25, -0.2) is 4.39 Å².